The first-order chi connectivity index (χ1) is 22.8. The van der Waals surface area contributed by atoms with E-state index in [0.29, 0.717) is 5.69 Å². The van der Waals surface area contributed by atoms with E-state index in [9.17, 15) is 14.7 Å². The average Bonchev–Trinajstić information content (AvgIpc) is 3.07. The normalized spacial score (nSPS) is 19.6. The number of carbonyl (C=O) groups excluding carboxylic acids is 1. The third-order valence-corrected chi connectivity index (χ3v) is 9.23. The van der Waals surface area contributed by atoms with E-state index in [0.717, 1.165) is 36.3 Å². The summed E-state index contributed by atoms with van der Waals surface area (Å²) in [5, 5.41) is 21.4. The molecule has 4 unspecified atom stereocenters. The van der Waals surface area contributed by atoms with Crippen LogP contribution in [-0.4, -0.2) is 52.7 Å². The van der Waals surface area contributed by atoms with Gasteiger partial charge in [-0.05, 0) is 49.2 Å². The molecule has 0 radical (unpaired) electrons. The fraction of sp³-hybridized carbons (Fsp3) is 0.641. The molecule has 8 heteroatoms. The number of nitrogens with zero attached hydrogens (tertiary/aromatic N) is 1. The number of rotatable bonds is 23. The Bertz CT molecular complexity index is 1160. The minimum atomic E-state index is -1.00. The largest absolute Gasteiger partial charge is 0.481 e. The highest BCUT2D eigenvalue weighted by Crippen LogP contribution is 2.42. The van der Waals surface area contributed by atoms with Crippen molar-refractivity contribution in [1.29, 1.82) is 0 Å². The molecule has 4 atom stereocenters. The molecule has 1 aliphatic heterocycles. The summed E-state index contributed by atoms with van der Waals surface area (Å²) in [6.45, 7) is 9.66. The van der Waals surface area contributed by atoms with Gasteiger partial charge in [0.2, 0.25) is 5.91 Å². The molecule has 1 saturated heterocycles. The number of benzene rings is 2. The molecule has 1 aliphatic rings. The minimum absolute atomic E-state index is 0.00740. The molecule has 3 N–H and O–H groups in total. The molecule has 1 heterocycles. The number of hydrogen-bond donors (Lipinski definition) is 3. The molecule has 1 amide bonds. The van der Waals surface area contributed by atoms with Crippen molar-refractivity contribution in [1.82, 2.24) is 4.90 Å². The van der Waals surface area contributed by atoms with Gasteiger partial charge in [0.15, 0.2) is 6.29 Å². The third kappa shape index (κ3) is 14.1. The van der Waals surface area contributed by atoms with Crippen LogP contribution in [0, 0.1) is 5.92 Å². The predicted molar refractivity (Wildman–Crippen MR) is 188 cm³/mol. The Morgan fingerprint density at radius 3 is 2.00 bits per heavy atom. The highest BCUT2D eigenvalue weighted by molar-refractivity contribution is 5.92. The van der Waals surface area contributed by atoms with E-state index in [-0.39, 0.29) is 43.5 Å². The van der Waals surface area contributed by atoms with Crippen molar-refractivity contribution in [2.75, 3.05) is 25.0 Å². The molecular weight excluding hydrogens is 592 g/mol. The summed E-state index contributed by atoms with van der Waals surface area (Å²) in [5.74, 6) is -1.26. The summed E-state index contributed by atoms with van der Waals surface area (Å²) in [6, 6.07) is 15.4. The van der Waals surface area contributed by atoms with Crippen molar-refractivity contribution in [3.8, 4) is 0 Å². The lowest BCUT2D eigenvalue weighted by Crippen LogP contribution is -2.45. The molecule has 0 aromatic heterocycles. The third-order valence-electron chi connectivity index (χ3n) is 9.23. The lowest BCUT2D eigenvalue weighted by atomic mass is 9.90. The lowest BCUT2D eigenvalue weighted by Gasteiger charge is -2.43. The predicted octanol–water partition coefficient (Wildman–Crippen LogP) is 8.80. The van der Waals surface area contributed by atoms with Gasteiger partial charge >= 0.3 is 5.97 Å². The van der Waals surface area contributed by atoms with E-state index < -0.39 is 12.3 Å². The molecule has 1 fully saturated rings. The van der Waals surface area contributed by atoms with Crippen molar-refractivity contribution in [2.45, 2.75) is 136 Å². The zero-order chi connectivity index (χ0) is 33.9. The van der Waals surface area contributed by atoms with E-state index in [1.165, 1.54) is 77.0 Å². The van der Waals surface area contributed by atoms with Crippen LogP contribution in [0.2, 0.25) is 0 Å². The van der Waals surface area contributed by atoms with Gasteiger partial charge in [-0.25, -0.2) is 0 Å². The number of nitrogens with one attached hydrogen (secondary N) is 1. The molecular formula is C39H60N2O6. The first kappa shape index (κ1) is 38.7. The fourth-order valence-corrected chi connectivity index (χ4v) is 6.32. The standard InChI is InChI=1S/C39H60N2O6/c1-4-6-8-10-12-14-25-41(26-15-13-11-9-7-5-2)28-35-30(3)38(32-21-19-31(29-42)20-22-32)47-39(46-35)33-17-16-18-34(27-33)40-36(43)23-24-37(44)45/h16-22,27,30,35,38-39,42H,4-15,23-26,28-29H2,1-3H3,(H,40,43)(H,44,45). The van der Waals surface area contributed by atoms with Crippen molar-refractivity contribution >= 4 is 17.6 Å². The van der Waals surface area contributed by atoms with Crippen LogP contribution in [0.15, 0.2) is 48.5 Å². The van der Waals surface area contributed by atoms with Crippen LogP contribution in [-0.2, 0) is 25.7 Å². The fourth-order valence-electron chi connectivity index (χ4n) is 6.32. The van der Waals surface area contributed by atoms with Crippen LogP contribution in [0.3, 0.4) is 0 Å². The number of unbranched alkanes of at least 4 members (excludes halogenated alkanes) is 10. The van der Waals surface area contributed by atoms with E-state index in [1.54, 1.807) is 6.07 Å². The number of aliphatic hydroxyl groups excluding tert-OH is 1. The smallest absolute Gasteiger partial charge is 0.303 e. The monoisotopic (exact) mass is 652 g/mol. The summed E-state index contributed by atoms with van der Waals surface area (Å²) in [6.07, 6.45) is 14.0. The molecule has 262 valence electrons. The number of amides is 1. The molecule has 2 aromatic carbocycles. The number of anilines is 1. The summed E-state index contributed by atoms with van der Waals surface area (Å²) in [5.41, 5.74) is 3.28. The number of carboxylic acid groups (broad SMARTS) is 1. The topological polar surface area (TPSA) is 108 Å². The van der Waals surface area contributed by atoms with Crippen LogP contribution in [0.1, 0.15) is 140 Å². The van der Waals surface area contributed by atoms with Gasteiger partial charge in [-0.15, -0.1) is 0 Å². The summed E-state index contributed by atoms with van der Waals surface area (Å²) < 4.78 is 13.4. The number of carboxylic acids is 1. The Morgan fingerprint density at radius 1 is 0.787 bits per heavy atom. The van der Waals surface area contributed by atoms with Gasteiger partial charge in [-0.2, -0.15) is 0 Å². The summed E-state index contributed by atoms with van der Waals surface area (Å²) in [4.78, 5) is 25.9. The second-order valence-corrected chi connectivity index (χ2v) is 13.2. The molecule has 0 saturated carbocycles. The van der Waals surface area contributed by atoms with E-state index in [4.69, 9.17) is 14.6 Å². The first-order valence-electron chi connectivity index (χ1n) is 18.2. The van der Waals surface area contributed by atoms with Crippen molar-refractivity contribution in [2.24, 2.45) is 5.92 Å². The number of carbonyl (C=O) groups is 2. The Labute approximate surface area is 283 Å². The maximum atomic E-state index is 12.4. The summed E-state index contributed by atoms with van der Waals surface area (Å²) >= 11 is 0. The molecule has 3 rings (SSSR count). The molecule has 8 nitrogen and oxygen atoms in total. The molecule has 2 aromatic rings. The SMILES string of the molecule is CCCCCCCCN(CCCCCCCC)CC1OC(c2cccc(NC(=O)CCC(=O)O)c2)OC(c2ccc(CO)cc2)C1C. The minimum Gasteiger partial charge on any atom is -0.481 e. The van der Waals surface area contributed by atoms with Crippen molar-refractivity contribution in [3.05, 3.63) is 65.2 Å². The molecule has 0 spiro atoms. The van der Waals surface area contributed by atoms with Crippen LogP contribution in [0.5, 0.6) is 0 Å². The Balaban J connectivity index is 1.79. The summed E-state index contributed by atoms with van der Waals surface area (Å²) in [7, 11) is 0. The highest BCUT2D eigenvalue weighted by atomic mass is 16.7. The number of aliphatic carboxylic acids is 1. The maximum absolute atomic E-state index is 12.4. The second kappa shape index (κ2) is 22.0. The van der Waals surface area contributed by atoms with Crippen LogP contribution < -0.4 is 5.32 Å². The average molecular weight is 653 g/mol. The zero-order valence-electron chi connectivity index (χ0n) is 29.1. The van der Waals surface area contributed by atoms with Crippen molar-refractivity contribution in [3.63, 3.8) is 0 Å². The van der Waals surface area contributed by atoms with Gasteiger partial charge < -0.3 is 29.9 Å². The Morgan fingerprint density at radius 2 is 1.40 bits per heavy atom. The van der Waals surface area contributed by atoms with Gasteiger partial charge in [0, 0.05) is 30.1 Å². The number of aliphatic hydroxyl groups is 1. The Kier molecular flexibility index (Phi) is 18.1. The van der Waals surface area contributed by atoms with Gasteiger partial charge in [0.05, 0.1) is 25.2 Å². The maximum Gasteiger partial charge on any atom is 0.303 e. The Hall–Kier alpha value is -2.78. The lowest BCUT2D eigenvalue weighted by molar-refractivity contribution is -0.276. The number of ether oxygens (including phenoxy) is 2. The highest BCUT2D eigenvalue weighted by Gasteiger charge is 2.39. The number of hydrogen-bond acceptors (Lipinski definition) is 6. The van der Waals surface area contributed by atoms with Gasteiger partial charge in [0.1, 0.15) is 0 Å². The first-order valence-corrected chi connectivity index (χ1v) is 18.2. The van der Waals surface area contributed by atoms with Gasteiger partial charge in [0.25, 0.3) is 0 Å². The van der Waals surface area contributed by atoms with Gasteiger partial charge in [-0.1, -0.05) is 121 Å². The van der Waals surface area contributed by atoms with Crippen LogP contribution >= 0.6 is 0 Å². The van der Waals surface area contributed by atoms with E-state index in [1.807, 2.05) is 42.5 Å². The molecule has 0 bridgehead atoms. The zero-order valence-corrected chi connectivity index (χ0v) is 29.1. The molecule has 47 heavy (non-hydrogen) atoms. The molecule has 0 aliphatic carbocycles. The van der Waals surface area contributed by atoms with Crippen LogP contribution in [0.4, 0.5) is 5.69 Å². The van der Waals surface area contributed by atoms with Gasteiger partial charge in [-0.3, -0.25) is 9.59 Å². The van der Waals surface area contributed by atoms with Crippen molar-refractivity contribution < 1.29 is 29.3 Å². The quantitative estimate of drug-likeness (QED) is 0.103. The van der Waals surface area contributed by atoms with E-state index in [2.05, 4.69) is 31.0 Å². The van der Waals surface area contributed by atoms with Crippen LogP contribution in [0.25, 0.3) is 0 Å². The van der Waals surface area contributed by atoms with E-state index >= 15 is 0 Å². The second-order valence-electron chi connectivity index (χ2n) is 13.2.